The lowest BCUT2D eigenvalue weighted by atomic mass is 10.0. The van der Waals surface area contributed by atoms with E-state index in [4.69, 9.17) is 9.47 Å². The minimum absolute atomic E-state index is 0.0881. The Balaban J connectivity index is 1.67. The molecule has 144 valence electrons. The highest BCUT2D eigenvalue weighted by Gasteiger charge is 2.23. The van der Waals surface area contributed by atoms with E-state index >= 15 is 0 Å². The predicted molar refractivity (Wildman–Crippen MR) is 100 cm³/mol. The van der Waals surface area contributed by atoms with Crippen LogP contribution in [0.4, 0.5) is 4.39 Å². The van der Waals surface area contributed by atoms with Crippen LogP contribution in [0.2, 0.25) is 0 Å². The van der Waals surface area contributed by atoms with Crippen molar-refractivity contribution in [2.24, 2.45) is 0 Å². The van der Waals surface area contributed by atoms with Gasteiger partial charge in [-0.2, -0.15) is 0 Å². The average Bonchev–Trinajstić information content (AvgIpc) is 2.69. The summed E-state index contributed by atoms with van der Waals surface area (Å²) in [6.07, 6.45) is 0.128. The van der Waals surface area contributed by atoms with Crippen molar-refractivity contribution in [3.63, 3.8) is 0 Å². The van der Waals surface area contributed by atoms with Gasteiger partial charge in [-0.05, 0) is 23.3 Å². The van der Waals surface area contributed by atoms with Crippen LogP contribution >= 0.6 is 0 Å². The van der Waals surface area contributed by atoms with E-state index in [1.807, 2.05) is 30.3 Å². The van der Waals surface area contributed by atoms with Crippen molar-refractivity contribution < 1.29 is 23.6 Å². The standard InChI is InChI=1S/C21H25FN2O3/c1-26-20-8-7-16(13-18(20)22)14-21(25)23-19(17-5-3-2-4-6-17)15-24-9-11-27-12-10-24/h2-8,13,19H,9-12,14-15H2,1H3,(H,23,25)/p+1/t19-/m0/s1. The maximum atomic E-state index is 13.9. The molecular weight excluding hydrogens is 347 g/mol. The lowest BCUT2D eigenvalue weighted by Crippen LogP contribution is -3.14. The fraction of sp³-hybridized carbons (Fsp3) is 0.381. The summed E-state index contributed by atoms with van der Waals surface area (Å²) in [5.41, 5.74) is 1.70. The van der Waals surface area contributed by atoms with E-state index in [2.05, 4.69) is 5.32 Å². The third kappa shape index (κ3) is 5.52. The third-order valence-corrected chi connectivity index (χ3v) is 4.81. The zero-order chi connectivity index (χ0) is 19.1. The molecule has 1 saturated heterocycles. The molecule has 0 unspecified atom stereocenters. The largest absolute Gasteiger partial charge is 0.494 e. The van der Waals surface area contributed by atoms with Crippen LogP contribution in [0, 0.1) is 5.82 Å². The molecule has 3 rings (SSSR count). The smallest absolute Gasteiger partial charge is 0.225 e. The fourth-order valence-electron chi connectivity index (χ4n) is 3.34. The van der Waals surface area contributed by atoms with Gasteiger partial charge in [0.05, 0.1) is 26.7 Å². The summed E-state index contributed by atoms with van der Waals surface area (Å²) >= 11 is 0. The second-order valence-corrected chi connectivity index (χ2v) is 6.74. The Labute approximate surface area is 159 Å². The van der Waals surface area contributed by atoms with Gasteiger partial charge in [-0.3, -0.25) is 4.79 Å². The van der Waals surface area contributed by atoms with Crippen molar-refractivity contribution in [1.29, 1.82) is 0 Å². The van der Waals surface area contributed by atoms with Gasteiger partial charge in [-0.1, -0.05) is 36.4 Å². The lowest BCUT2D eigenvalue weighted by Gasteiger charge is -2.28. The van der Waals surface area contributed by atoms with E-state index in [0.29, 0.717) is 5.56 Å². The Kier molecular flexibility index (Phi) is 6.79. The Morgan fingerprint density at radius 1 is 1.22 bits per heavy atom. The van der Waals surface area contributed by atoms with Gasteiger partial charge in [0.2, 0.25) is 5.91 Å². The quantitative estimate of drug-likeness (QED) is 0.766. The number of quaternary nitrogens is 1. The number of hydrogen-bond acceptors (Lipinski definition) is 3. The predicted octanol–water partition coefficient (Wildman–Crippen LogP) is 1.15. The van der Waals surface area contributed by atoms with Gasteiger partial charge >= 0.3 is 0 Å². The first-order chi connectivity index (χ1) is 13.2. The van der Waals surface area contributed by atoms with Gasteiger partial charge in [0.15, 0.2) is 11.6 Å². The highest BCUT2D eigenvalue weighted by Crippen LogP contribution is 2.18. The molecule has 1 atom stereocenters. The number of carbonyl (C=O) groups is 1. The zero-order valence-corrected chi connectivity index (χ0v) is 15.5. The fourth-order valence-corrected chi connectivity index (χ4v) is 3.34. The first-order valence-electron chi connectivity index (χ1n) is 9.23. The molecule has 2 aromatic rings. The van der Waals surface area contributed by atoms with E-state index in [0.717, 1.165) is 38.4 Å². The van der Waals surface area contributed by atoms with Crippen molar-refractivity contribution in [3.05, 3.63) is 65.5 Å². The van der Waals surface area contributed by atoms with Gasteiger partial charge in [0, 0.05) is 0 Å². The Morgan fingerprint density at radius 2 is 1.96 bits per heavy atom. The van der Waals surface area contributed by atoms with Crippen molar-refractivity contribution in [2.45, 2.75) is 12.5 Å². The molecule has 1 aliphatic heterocycles. The summed E-state index contributed by atoms with van der Waals surface area (Å²) in [4.78, 5) is 14.0. The molecule has 1 aliphatic rings. The molecule has 0 aromatic heterocycles. The topological polar surface area (TPSA) is 52.0 Å². The summed E-state index contributed by atoms with van der Waals surface area (Å²) in [6, 6.07) is 14.5. The number of nitrogens with one attached hydrogen (secondary N) is 2. The molecule has 1 fully saturated rings. The van der Waals surface area contributed by atoms with E-state index in [1.165, 1.54) is 18.1 Å². The van der Waals surface area contributed by atoms with Crippen LogP contribution in [0.5, 0.6) is 5.75 Å². The molecule has 0 bridgehead atoms. The average molecular weight is 373 g/mol. The number of morpholine rings is 1. The third-order valence-electron chi connectivity index (χ3n) is 4.81. The molecule has 2 aromatic carbocycles. The van der Waals surface area contributed by atoms with E-state index < -0.39 is 5.82 Å². The second-order valence-electron chi connectivity index (χ2n) is 6.74. The number of rotatable bonds is 7. The first kappa shape index (κ1) is 19.3. The van der Waals surface area contributed by atoms with E-state index in [9.17, 15) is 9.18 Å². The van der Waals surface area contributed by atoms with Crippen LogP contribution < -0.4 is 15.0 Å². The molecule has 0 aliphatic carbocycles. The van der Waals surface area contributed by atoms with Gasteiger partial charge in [-0.25, -0.2) is 4.39 Å². The Hall–Kier alpha value is -2.44. The molecule has 2 N–H and O–H groups in total. The van der Waals surface area contributed by atoms with Gasteiger partial charge in [0.1, 0.15) is 25.7 Å². The van der Waals surface area contributed by atoms with Crippen LogP contribution in [-0.2, 0) is 16.0 Å². The Bertz CT molecular complexity index is 748. The summed E-state index contributed by atoms with van der Waals surface area (Å²) in [6.45, 7) is 4.16. The summed E-state index contributed by atoms with van der Waals surface area (Å²) in [5.74, 6) is -0.404. The first-order valence-corrected chi connectivity index (χ1v) is 9.23. The summed E-state index contributed by atoms with van der Waals surface area (Å²) < 4.78 is 24.2. The van der Waals surface area contributed by atoms with Gasteiger partial charge in [-0.15, -0.1) is 0 Å². The number of amides is 1. The number of ether oxygens (including phenoxy) is 2. The van der Waals surface area contributed by atoms with Gasteiger partial charge in [0.25, 0.3) is 0 Å². The highest BCUT2D eigenvalue weighted by atomic mass is 19.1. The normalized spacial score (nSPS) is 15.9. The van der Waals surface area contributed by atoms with Crippen molar-refractivity contribution in [2.75, 3.05) is 40.0 Å². The minimum Gasteiger partial charge on any atom is -0.494 e. The molecule has 5 nitrogen and oxygen atoms in total. The molecule has 6 heteroatoms. The molecular formula is C21H26FN2O3+. The van der Waals surface area contributed by atoms with Crippen LogP contribution in [0.3, 0.4) is 0 Å². The number of carbonyl (C=O) groups excluding carboxylic acids is 1. The maximum Gasteiger partial charge on any atom is 0.225 e. The van der Waals surface area contributed by atoms with Crippen LogP contribution in [-0.4, -0.2) is 45.9 Å². The SMILES string of the molecule is COc1ccc(CC(=O)N[C@@H](C[NH+]2CCOCC2)c2ccccc2)cc1F. The summed E-state index contributed by atoms with van der Waals surface area (Å²) in [7, 11) is 1.42. The number of methoxy groups -OCH3 is 1. The van der Waals surface area contributed by atoms with Gasteiger partial charge < -0.3 is 19.7 Å². The van der Waals surface area contributed by atoms with Crippen molar-refractivity contribution >= 4 is 5.91 Å². The van der Waals surface area contributed by atoms with Crippen molar-refractivity contribution in [3.8, 4) is 5.75 Å². The molecule has 0 saturated carbocycles. The summed E-state index contributed by atoms with van der Waals surface area (Å²) in [5, 5.41) is 3.12. The molecule has 27 heavy (non-hydrogen) atoms. The monoisotopic (exact) mass is 373 g/mol. The van der Waals surface area contributed by atoms with Crippen molar-refractivity contribution in [1.82, 2.24) is 5.32 Å². The van der Waals surface area contributed by atoms with Crippen LogP contribution in [0.1, 0.15) is 17.2 Å². The minimum atomic E-state index is -0.458. The maximum absolute atomic E-state index is 13.9. The Morgan fingerprint density at radius 3 is 2.63 bits per heavy atom. The van der Waals surface area contributed by atoms with E-state index in [-0.39, 0.29) is 24.1 Å². The lowest BCUT2D eigenvalue weighted by molar-refractivity contribution is -0.909. The number of benzene rings is 2. The zero-order valence-electron chi connectivity index (χ0n) is 15.5. The molecule has 0 spiro atoms. The second kappa shape index (κ2) is 9.48. The van der Waals surface area contributed by atoms with Crippen LogP contribution in [0.25, 0.3) is 0 Å². The van der Waals surface area contributed by atoms with E-state index in [1.54, 1.807) is 12.1 Å². The molecule has 1 amide bonds. The molecule has 1 heterocycles. The highest BCUT2D eigenvalue weighted by molar-refractivity contribution is 5.79. The van der Waals surface area contributed by atoms with Crippen LogP contribution in [0.15, 0.2) is 48.5 Å². The molecule has 0 radical (unpaired) electrons. The number of halogens is 1. The number of hydrogen-bond donors (Lipinski definition) is 2.